The smallest absolute Gasteiger partial charge is 0.182 e. The van der Waals surface area contributed by atoms with E-state index in [4.69, 9.17) is 10.5 Å². The first-order valence-electron chi connectivity index (χ1n) is 19.8. The third-order valence-corrected chi connectivity index (χ3v) is 14.8. The van der Waals surface area contributed by atoms with Gasteiger partial charge in [-0.15, -0.1) is 0 Å². The molecule has 4 aliphatic carbocycles. The number of ketones is 1. The maximum Gasteiger partial charge on any atom is 0.182 e. The zero-order valence-corrected chi connectivity index (χ0v) is 31.7. The summed E-state index contributed by atoms with van der Waals surface area (Å²) in [4.78, 5) is 15.0. The zero-order valence-electron chi connectivity index (χ0n) is 31.7. The van der Waals surface area contributed by atoms with Crippen molar-refractivity contribution in [2.45, 2.75) is 147 Å². The molecule has 0 amide bonds. The highest BCUT2D eigenvalue weighted by Crippen LogP contribution is 2.70. The summed E-state index contributed by atoms with van der Waals surface area (Å²) < 4.78 is 6.02. The second-order valence-electron chi connectivity index (χ2n) is 17.9. The Balaban J connectivity index is 1.43. The Bertz CT molecular complexity index is 1450. The normalized spacial score (nSPS) is 44.1. The van der Waals surface area contributed by atoms with Gasteiger partial charge in [-0.25, -0.2) is 0 Å². The Hall–Kier alpha value is -1.87. The molecule has 0 radical (unpaired) electrons. The van der Waals surface area contributed by atoms with E-state index >= 15 is 0 Å². The number of carbonyl (C=O) groups is 1. The minimum absolute atomic E-state index is 0.0363. The number of hydrogen-bond acceptors (Lipinski definition) is 12. The maximum atomic E-state index is 15.0. The lowest BCUT2D eigenvalue weighted by Crippen LogP contribution is -2.65. The van der Waals surface area contributed by atoms with E-state index in [2.05, 4.69) is 17.6 Å². The molecule has 6 rings (SSSR count). The highest BCUT2D eigenvalue weighted by molar-refractivity contribution is 6.00. The standard InChI is InChI=1S/C40H65N3O9/c1-21-20-52-35(23(21)3)36(49)38(5,50)30-12-15-40(51)32-25(11-13-37(30,40)4)39(14-10-24-8-9-31(41)43-27(24)7-6-16-44)18-29(47)28(46)17-26(39)34(48)33(32)42-19-22(2)45/h8-9,21-23,25-26,28-31,35-36,42-47,49-51H,6-7,10-20,41H2,1-5H3. The molecule has 3 saturated carbocycles. The van der Waals surface area contributed by atoms with Crippen LogP contribution in [0.4, 0.5) is 0 Å². The number of hydrogen-bond donors (Lipinski definition) is 10. The lowest BCUT2D eigenvalue weighted by atomic mass is 9.43. The molecule has 12 nitrogen and oxygen atoms in total. The number of rotatable bonds is 12. The second-order valence-corrected chi connectivity index (χ2v) is 17.9. The molecule has 0 aromatic carbocycles. The number of aliphatic hydroxyl groups is 7. The monoisotopic (exact) mass is 731 g/mol. The van der Waals surface area contributed by atoms with Gasteiger partial charge < -0.3 is 56.8 Å². The fourth-order valence-electron chi connectivity index (χ4n) is 11.6. The Kier molecular flexibility index (Phi) is 11.2. The highest BCUT2D eigenvalue weighted by atomic mass is 16.5. The van der Waals surface area contributed by atoms with E-state index in [1.54, 1.807) is 13.8 Å². The van der Waals surface area contributed by atoms with E-state index in [9.17, 15) is 40.5 Å². The first-order valence-corrected chi connectivity index (χ1v) is 19.8. The quantitative estimate of drug-likeness (QED) is 0.138. The van der Waals surface area contributed by atoms with Crippen LogP contribution in [0, 0.1) is 40.4 Å². The molecule has 15 atom stereocenters. The van der Waals surface area contributed by atoms with E-state index < -0.39 is 64.4 Å². The summed E-state index contributed by atoms with van der Waals surface area (Å²) in [6.07, 6.45) is 3.12. The van der Waals surface area contributed by atoms with Gasteiger partial charge in [0.1, 0.15) is 6.10 Å². The molecule has 11 N–H and O–H groups in total. The van der Waals surface area contributed by atoms with Crippen LogP contribution in [0.15, 0.2) is 34.7 Å². The van der Waals surface area contributed by atoms with Crippen LogP contribution in [0.2, 0.25) is 0 Å². The lowest BCUT2D eigenvalue weighted by Gasteiger charge is -2.62. The van der Waals surface area contributed by atoms with Crippen LogP contribution in [0.1, 0.15) is 98.8 Å². The summed E-state index contributed by atoms with van der Waals surface area (Å²) in [5, 5.41) is 86.3. The van der Waals surface area contributed by atoms with Crippen molar-refractivity contribution in [1.29, 1.82) is 0 Å². The van der Waals surface area contributed by atoms with E-state index in [0.717, 1.165) is 11.3 Å². The van der Waals surface area contributed by atoms with Crippen molar-refractivity contribution in [2.75, 3.05) is 19.8 Å². The maximum absolute atomic E-state index is 15.0. The average molecular weight is 732 g/mol. The predicted octanol–water partition coefficient (Wildman–Crippen LogP) is 1.50. The van der Waals surface area contributed by atoms with Crippen molar-refractivity contribution < 1.29 is 45.3 Å². The fraction of sp³-hybridized carbons (Fsp3) is 0.825. The minimum atomic E-state index is -1.61. The Morgan fingerprint density at radius 2 is 1.87 bits per heavy atom. The van der Waals surface area contributed by atoms with Gasteiger partial charge in [0.05, 0.1) is 47.5 Å². The number of ether oxygens (including phenoxy) is 1. The van der Waals surface area contributed by atoms with Gasteiger partial charge in [-0.2, -0.15) is 0 Å². The fourth-order valence-corrected chi connectivity index (χ4v) is 11.6. The molecule has 1 saturated heterocycles. The number of aliphatic hydroxyl groups excluding tert-OH is 5. The molecule has 4 fully saturated rings. The molecule has 2 aliphatic heterocycles. The van der Waals surface area contributed by atoms with Crippen LogP contribution in [0.25, 0.3) is 0 Å². The topological polar surface area (TPSA) is 218 Å². The van der Waals surface area contributed by atoms with E-state index in [1.807, 2.05) is 26.0 Å². The van der Waals surface area contributed by atoms with Crippen molar-refractivity contribution in [3.05, 3.63) is 34.7 Å². The SMILES string of the molecule is CC(O)CNC1=C2C(CCC3(C)C(C(C)(O)C(O)C4OCC(C)C4C)CCC23O)C2(CCC3=C(CCCO)NC(N)C=C3)CC(O)C(O)CC2C1=O. The minimum Gasteiger partial charge on any atom is -0.396 e. The Labute approximate surface area is 308 Å². The molecule has 0 bridgehead atoms. The molecule has 294 valence electrons. The largest absolute Gasteiger partial charge is 0.396 e. The molecule has 52 heavy (non-hydrogen) atoms. The number of allylic oxidation sites excluding steroid dienone is 4. The van der Waals surface area contributed by atoms with E-state index in [1.165, 1.54) is 0 Å². The average Bonchev–Trinajstić information content (AvgIpc) is 3.58. The number of Topliss-reactive ketones (excluding diaryl/α,β-unsaturated/α-hetero) is 1. The van der Waals surface area contributed by atoms with Crippen LogP contribution in [-0.2, 0) is 9.53 Å². The molecular formula is C40H65N3O9. The zero-order chi connectivity index (χ0) is 38.0. The first-order chi connectivity index (χ1) is 24.4. The number of dihydropyridines is 1. The van der Waals surface area contributed by atoms with Gasteiger partial charge in [0, 0.05) is 36.8 Å². The summed E-state index contributed by atoms with van der Waals surface area (Å²) in [5.74, 6) is -1.48. The Morgan fingerprint density at radius 3 is 2.52 bits per heavy atom. The molecule has 0 aromatic heterocycles. The number of carbonyl (C=O) groups excluding carboxylic acids is 1. The molecule has 2 heterocycles. The van der Waals surface area contributed by atoms with Gasteiger partial charge in [0.25, 0.3) is 0 Å². The third-order valence-electron chi connectivity index (χ3n) is 14.8. The summed E-state index contributed by atoms with van der Waals surface area (Å²) >= 11 is 0. The summed E-state index contributed by atoms with van der Waals surface area (Å²) in [6.45, 7) is 10.00. The lowest BCUT2D eigenvalue weighted by molar-refractivity contribution is -0.196. The van der Waals surface area contributed by atoms with Crippen LogP contribution < -0.4 is 16.4 Å². The van der Waals surface area contributed by atoms with Crippen LogP contribution >= 0.6 is 0 Å². The van der Waals surface area contributed by atoms with Gasteiger partial charge in [-0.3, -0.25) is 4.79 Å². The molecular weight excluding hydrogens is 666 g/mol. The van der Waals surface area contributed by atoms with E-state index in [-0.39, 0.29) is 67.8 Å². The number of fused-ring (bicyclic) bond motifs is 5. The summed E-state index contributed by atoms with van der Waals surface area (Å²) in [7, 11) is 0. The van der Waals surface area contributed by atoms with Gasteiger partial charge in [0.15, 0.2) is 5.78 Å². The number of nitrogens with one attached hydrogen (secondary N) is 2. The van der Waals surface area contributed by atoms with E-state index in [0.29, 0.717) is 57.1 Å². The van der Waals surface area contributed by atoms with Crippen molar-refractivity contribution in [3.63, 3.8) is 0 Å². The summed E-state index contributed by atoms with van der Waals surface area (Å²) in [5.41, 5.74) is 4.12. The van der Waals surface area contributed by atoms with Gasteiger partial charge in [-0.05, 0) is 124 Å². The van der Waals surface area contributed by atoms with Crippen LogP contribution in [-0.4, -0.2) is 109 Å². The van der Waals surface area contributed by atoms with Gasteiger partial charge in [0.2, 0.25) is 0 Å². The molecule has 0 spiro atoms. The second kappa shape index (κ2) is 14.7. The van der Waals surface area contributed by atoms with Crippen LogP contribution in [0.3, 0.4) is 0 Å². The first kappa shape index (κ1) is 39.8. The van der Waals surface area contributed by atoms with Crippen molar-refractivity contribution in [1.82, 2.24) is 10.6 Å². The van der Waals surface area contributed by atoms with Crippen LogP contribution in [0.5, 0.6) is 0 Å². The van der Waals surface area contributed by atoms with Crippen molar-refractivity contribution in [2.24, 2.45) is 46.2 Å². The van der Waals surface area contributed by atoms with Gasteiger partial charge >= 0.3 is 0 Å². The molecule has 0 aromatic rings. The van der Waals surface area contributed by atoms with Crippen molar-refractivity contribution in [3.8, 4) is 0 Å². The number of nitrogens with two attached hydrogens (primary N) is 1. The Morgan fingerprint density at radius 1 is 1.13 bits per heavy atom. The van der Waals surface area contributed by atoms with Gasteiger partial charge in [-0.1, -0.05) is 26.8 Å². The molecule has 15 unspecified atom stereocenters. The van der Waals surface area contributed by atoms with Crippen molar-refractivity contribution >= 4 is 5.78 Å². The third kappa shape index (κ3) is 6.41. The molecule has 6 aliphatic rings. The highest BCUT2D eigenvalue weighted by Gasteiger charge is 2.71. The summed E-state index contributed by atoms with van der Waals surface area (Å²) in [6, 6.07) is 0. The molecule has 12 heteroatoms. The predicted molar refractivity (Wildman–Crippen MR) is 195 cm³/mol.